The van der Waals surface area contributed by atoms with Crippen molar-refractivity contribution in [3.63, 3.8) is 0 Å². The maximum absolute atomic E-state index is 13.3. The van der Waals surface area contributed by atoms with Crippen LogP contribution in [0.3, 0.4) is 0 Å². The molecule has 3 saturated heterocycles. The maximum atomic E-state index is 13.3. The number of aliphatic imine (C=N–C) groups is 1. The Hall–Kier alpha value is -1.55. The molecule has 16 heteroatoms. The van der Waals surface area contributed by atoms with Gasteiger partial charge in [-0.05, 0) is 145 Å². The van der Waals surface area contributed by atoms with Crippen LogP contribution in [0.5, 0.6) is 0 Å². The fourth-order valence-corrected chi connectivity index (χ4v) is 14.7. The van der Waals surface area contributed by atoms with Crippen molar-refractivity contribution in [1.82, 2.24) is 37.2 Å². The Morgan fingerprint density at radius 2 is 1.66 bits per heavy atom. The van der Waals surface area contributed by atoms with Crippen LogP contribution in [0, 0.1) is 52.3 Å². The van der Waals surface area contributed by atoms with Gasteiger partial charge >= 0.3 is 6.36 Å². The lowest BCUT2D eigenvalue weighted by Crippen LogP contribution is -2.62. The first kappa shape index (κ1) is 47.0. The first-order valence-electron chi connectivity index (χ1n) is 24.6. The normalized spacial score (nSPS) is 44.6. The smallest absolute Gasteiger partial charge is 0.375 e. The molecule has 6 N–H and O–H groups in total. The molecule has 10 unspecified atom stereocenters. The van der Waals surface area contributed by atoms with Crippen LogP contribution in [0.2, 0.25) is 0 Å². The van der Waals surface area contributed by atoms with Crippen molar-refractivity contribution >= 4 is 23.4 Å². The van der Waals surface area contributed by atoms with Crippen molar-refractivity contribution in [3.8, 4) is 6.07 Å². The largest absolute Gasteiger partial charge is 0.522 e. The zero-order valence-corrected chi connectivity index (χ0v) is 38.5. The van der Waals surface area contributed by atoms with Crippen molar-refractivity contribution in [3.05, 3.63) is 0 Å². The van der Waals surface area contributed by atoms with Crippen LogP contribution in [-0.4, -0.2) is 102 Å². The summed E-state index contributed by atoms with van der Waals surface area (Å²) in [5.74, 6) is 2.73. The number of nitrogens with one attached hydrogen (secondary N) is 6. The minimum absolute atomic E-state index is 0.0260. The molecule has 1 spiro atoms. The SMILES string of the molecule is CCNNC1NC2SC(C)C(C)C2C(C2CCC(C3CCC4(CC3)CCN(C3CCC(C(=O)NC5CCC(OC6CCC(C#N)C(OC(F)(F)F)C6)CC5)NN3)C4)CC2)=N[C@H]1C. The average molecular weight is 892 g/mol. The van der Waals surface area contributed by atoms with Gasteiger partial charge in [0.2, 0.25) is 5.91 Å². The fraction of sp³-hybridized carbons (Fsp3) is 0.935. The summed E-state index contributed by atoms with van der Waals surface area (Å²) in [6, 6.07) is 1.95. The van der Waals surface area contributed by atoms with Crippen LogP contribution in [0.25, 0.3) is 0 Å². The lowest BCUT2D eigenvalue weighted by Gasteiger charge is -2.43. The second kappa shape index (κ2) is 20.5. The topological polar surface area (TPSA) is 147 Å². The second-order valence-corrected chi connectivity index (χ2v) is 22.3. The minimum atomic E-state index is -4.77. The van der Waals surface area contributed by atoms with Gasteiger partial charge in [0, 0.05) is 49.0 Å². The van der Waals surface area contributed by atoms with Gasteiger partial charge in [0.15, 0.2) is 0 Å². The number of carbonyl (C=O) groups excluding carboxylic acids is 1. The third-order valence-electron chi connectivity index (χ3n) is 16.9. The van der Waals surface area contributed by atoms with Crippen molar-refractivity contribution < 1.29 is 27.4 Å². The quantitative estimate of drug-likeness (QED) is 0.121. The van der Waals surface area contributed by atoms with Gasteiger partial charge in [-0.25, -0.2) is 16.3 Å². The minimum Gasteiger partial charge on any atom is -0.375 e. The Balaban J connectivity index is 0.729. The van der Waals surface area contributed by atoms with Crippen LogP contribution < -0.4 is 32.3 Å². The molecule has 0 aromatic heterocycles. The summed E-state index contributed by atoms with van der Waals surface area (Å²) in [7, 11) is 0. The standard InChI is InChI=1S/C46H76F3N9O3S/c1-5-51-57-42-28(3)52-41(40-27(2)29(4)62-44(40)54-42)32-8-6-30(7-9-32)31-18-20-45(21-19-31)22-23-58(26-45)39-17-16-37(55-56-39)43(59)53-34-11-14-35(15-12-34)60-36-13-10-33(25-50)38(24-36)61-46(47,48)49/h27-40,42,44,51,54-57H,5-24,26H2,1-4H3,(H,53,59)/t27?,28-,29?,30?,31?,32?,33?,34?,35?,36?,37?,38?,39?,40?,42?,44?,45?/m0/s1. The summed E-state index contributed by atoms with van der Waals surface area (Å²) in [4.78, 5) is 21.5. The predicted octanol–water partition coefficient (Wildman–Crippen LogP) is 6.89. The van der Waals surface area contributed by atoms with E-state index in [2.05, 4.69) is 81.4 Å². The molecule has 0 aromatic carbocycles. The lowest BCUT2D eigenvalue weighted by molar-refractivity contribution is -0.351. The van der Waals surface area contributed by atoms with Crippen molar-refractivity contribution in [2.45, 2.75) is 209 Å². The summed E-state index contributed by atoms with van der Waals surface area (Å²) in [6.45, 7) is 12.4. The highest BCUT2D eigenvalue weighted by Gasteiger charge is 2.49. The first-order valence-corrected chi connectivity index (χ1v) is 25.6. The van der Waals surface area contributed by atoms with Gasteiger partial charge in [-0.1, -0.05) is 20.8 Å². The molecule has 350 valence electrons. The number of likely N-dealkylation sites (tertiary alicyclic amines) is 1. The molecule has 8 rings (SSSR count). The lowest BCUT2D eigenvalue weighted by atomic mass is 9.63. The monoisotopic (exact) mass is 892 g/mol. The van der Waals surface area contributed by atoms with Gasteiger partial charge in [-0.2, -0.15) is 5.26 Å². The molecule has 4 aliphatic carbocycles. The molecule has 7 fully saturated rings. The van der Waals surface area contributed by atoms with Crippen LogP contribution in [0.1, 0.15) is 143 Å². The summed E-state index contributed by atoms with van der Waals surface area (Å²) >= 11 is 2.11. The van der Waals surface area contributed by atoms with Gasteiger partial charge in [0.1, 0.15) is 6.04 Å². The molecular weight excluding hydrogens is 816 g/mol. The molecule has 4 aliphatic heterocycles. The van der Waals surface area contributed by atoms with E-state index in [9.17, 15) is 23.2 Å². The molecule has 4 heterocycles. The summed E-state index contributed by atoms with van der Waals surface area (Å²) < 4.78 is 49.3. The number of thioether (sulfide) groups is 1. The number of carbonyl (C=O) groups is 1. The first-order chi connectivity index (χ1) is 29.8. The van der Waals surface area contributed by atoms with E-state index in [1.165, 1.54) is 63.5 Å². The number of hydrogen-bond donors (Lipinski definition) is 6. The maximum Gasteiger partial charge on any atom is 0.522 e. The van der Waals surface area contributed by atoms with Gasteiger partial charge in [0.25, 0.3) is 0 Å². The van der Waals surface area contributed by atoms with Gasteiger partial charge in [0.05, 0.1) is 54.0 Å². The molecule has 1 amide bonds. The van der Waals surface area contributed by atoms with Crippen molar-refractivity contribution in [1.29, 1.82) is 5.26 Å². The number of amides is 1. The Morgan fingerprint density at radius 3 is 2.34 bits per heavy atom. The van der Waals surface area contributed by atoms with Gasteiger partial charge in [-0.15, -0.1) is 24.9 Å². The van der Waals surface area contributed by atoms with E-state index in [1.54, 1.807) is 0 Å². The molecule has 0 aromatic rings. The molecule has 11 atom stereocenters. The van der Waals surface area contributed by atoms with Crippen molar-refractivity contribution in [2.75, 3.05) is 19.6 Å². The molecular formula is C46H76F3N9O3S. The Kier molecular flexibility index (Phi) is 15.6. The van der Waals surface area contributed by atoms with Crippen LogP contribution in [-0.2, 0) is 14.3 Å². The summed E-state index contributed by atoms with van der Waals surface area (Å²) in [6.07, 6.45) is 11.7. The Bertz CT molecular complexity index is 1560. The number of hydrazine groups is 2. The Labute approximate surface area is 372 Å². The number of hydrogen-bond acceptors (Lipinski definition) is 12. The molecule has 12 nitrogen and oxygen atoms in total. The molecule has 0 radical (unpaired) electrons. The van der Waals surface area contributed by atoms with Crippen LogP contribution in [0.4, 0.5) is 13.2 Å². The number of ether oxygens (including phenoxy) is 2. The number of nitrogens with zero attached hydrogens (tertiary/aromatic N) is 3. The average Bonchev–Trinajstić information content (AvgIpc) is 3.76. The third kappa shape index (κ3) is 11.2. The van der Waals surface area contributed by atoms with Crippen LogP contribution in [0.15, 0.2) is 4.99 Å². The number of nitriles is 1. The van der Waals surface area contributed by atoms with Crippen LogP contribution >= 0.6 is 11.8 Å². The highest BCUT2D eigenvalue weighted by atomic mass is 32.2. The second-order valence-electron chi connectivity index (χ2n) is 20.8. The molecule has 4 saturated carbocycles. The van der Waals surface area contributed by atoms with E-state index in [4.69, 9.17) is 9.73 Å². The van der Waals surface area contributed by atoms with E-state index >= 15 is 0 Å². The predicted molar refractivity (Wildman–Crippen MR) is 236 cm³/mol. The highest BCUT2D eigenvalue weighted by molar-refractivity contribution is 8.00. The molecule has 8 aliphatic rings. The number of halogens is 3. The van der Waals surface area contributed by atoms with Gasteiger partial charge in [-0.3, -0.25) is 30.2 Å². The number of fused-ring (bicyclic) bond motifs is 1. The van der Waals surface area contributed by atoms with E-state index in [-0.39, 0.29) is 55.0 Å². The number of rotatable bonds is 11. The summed E-state index contributed by atoms with van der Waals surface area (Å²) in [5.41, 5.74) is 15.7. The number of alkyl halides is 3. The fourth-order valence-electron chi connectivity index (χ4n) is 13.0. The third-order valence-corrected chi connectivity index (χ3v) is 18.5. The van der Waals surface area contributed by atoms with Crippen molar-refractivity contribution in [2.24, 2.45) is 45.9 Å². The highest BCUT2D eigenvalue weighted by Crippen LogP contribution is 2.52. The Morgan fingerprint density at radius 1 is 0.935 bits per heavy atom. The summed E-state index contributed by atoms with van der Waals surface area (Å²) in [5, 5.41) is 17.6. The zero-order chi connectivity index (χ0) is 43.6. The van der Waals surface area contributed by atoms with E-state index in [0.717, 1.165) is 70.0 Å². The van der Waals surface area contributed by atoms with Gasteiger partial charge < -0.3 is 10.1 Å². The van der Waals surface area contributed by atoms with E-state index in [0.29, 0.717) is 46.6 Å². The van der Waals surface area contributed by atoms with E-state index in [1.807, 2.05) is 6.07 Å². The molecule has 62 heavy (non-hydrogen) atoms. The van der Waals surface area contributed by atoms with E-state index < -0.39 is 18.4 Å². The molecule has 0 bridgehead atoms. The zero-order valence-electron chi connectivity index (χ0n) is 37.7.